The Morgan fingerprint density at radius 2 is 2.23 bits per heavy atom. The van der Waals surface area contributed by atoms with Crippen molar-refractivity contribution in [1.29, 1.82) is 0 Å². The van der Waals surface area contributed by atoms with Crippen LogP contribution in [-0.4, -0.2) is 34.2 Å². The summed E-state index contributed by atoms with van der Waals surface area (Å²) in [7, 11) is 0. The van der Waals surface area contributed by atoms with Crippen molar-refractivity contribution in [2.75, 3.05) is 13.4 Å². The molecule has 7 nitrogen and oxygen atoms in total. The van der Waals surface area contributed by atoms with E-state index in [4.69, 9.17) is 14.2 Å². The maximum absolute atomic E-state index is 13.0. The Kier molecular flexibility index (Phi) is 5.22. The quantitative estimate of drug-likeness (QED) is 0.650. The van der Waals surface area contributed by atoms with Crippen molar-refractivity contribution in [2.24, 2.45) is 5.92 Å². The minimum Gasteiger partial charge on any atom is -0.454 e. The van der Waals surface area contributed by atoms with Crippen LogP contribution in [0.1, 0.15) is 29.3 Å². The number of ether oxygens (including phenoxy) is 3. The Balaban J connectivity index is 1.24. The summed E-state index contributed by atoms with van der Waals surface area (Å²) in [5, 5.41) is 11.1. The fraction of sp³-hybridized carbons (Fsp3) is 0.455. The van der Waals surface area contributed by atoms with E-state index in [0.717, 1.165) is 46.4 Å². The summed E-state index contributed by atoms with van der Waals surface area (Å²) in [6.45, 7) is 3.11. The fourth-order valence-electron chi connectivity index (χ4n) is 4.12. The number of rotatable bonds is 6. The van der Waals surface area contributed by atoms with Gasteiger partial charge in [0, 0.05) is 4.88 Å². The summed E-state index contributed by atoms with van der Waals surface area (Å²) in [6, 6.07) is 5.63. The summed E-state index contributed by atoms with van der Waals surface area (Å²) in [5.74, 6) is 2.08. The molecule has 0 radical (unpaired) electrons. The molecule has 158 valence electrons. The maximum atomic E-state index is 13.0. The molecule has 5 rings (SSSR count). The van der Waals surface area contributed by atoms with Crippen LogP contribution in [0.4, 0.5) is 0 Å². The zero-order chi connectivity index (χ0) is 20.7. The lowest BCUT2D eigenvalue weighted by atomic mass is 9.89. The molecule has 2 aliphatic rings. The highest BCUT2D eigenvalue weighted by atomic mass is 32.1. The number of aliphatic hydroxyl groups is 1. The molecule has 3 heterocycles. The van der Waals surface area contributed by atoms with Crippen molar-refractivity contribution in [3.05, 3.63) is 50.9 Å². The van der Waals surface area contributed by atoms with Crippen LogP contribution >= 0.6 is 11.3 Å². The molecule has 0 spiro atoms. The van der Waals surface area contributed by atoms with Crippen molar-refractivity contribution in [1.82, 2.24) is 9.55 Å². The first kappa shape index (κ1) is 19.5. The van der Waals surface area contributed by atoms with Gasteiger partial charge in [-0.1, -0.05) is 13.0 Å². The Hall–Kier alpha value is -2.42. The van der Waals surface area contributed by atoms with E-state index in [9.17, 15) is 9.90 Å². The number of aliphatic hydroxyl groups excluding tert-OH is 1. The first-order chi connectivity index (χ1) is 14.6. The Bertz CT molecular complexity index is 1140. The number of hydrogen-bond donors (Lipinski definition) is 1. The van der Waals surface area contributed by atoms with Crippen molar-refractivity contribution in [3.8, 4) is 11.5 Å². The third-order valence-electron chi connectivity index (χ3n) is 5.71. The summed E-state index contributed by atoms with van der Waals surface area (Å²) in [4.78, 5) is 19.6. The van der Waals surface area contributed by atoms with Crippen LogP contribution in [-0.2, 0) is 30.7 Å². The molecule has 1 aliphatic carbocycles. The van der Waals surface area contributed by atoms with Crippen LogP contribution in [0.3, 0.4) is 0 Å². The lowest BCUT2D eigenvalue weighted by Crippen LogP contribution is -2.29. The monoisotopic (exact) mass is 428 g/mol. The normalized spacial score (nSPS) is 18.5. The van der Waals surface area contributed by atoms with Gasteiger partial charge < -0.3 is 19.3 Å². The lowest BCUT2D eigenvalue weighted by molar-refractivity contribution is 0.0198. The van der Waals surface area contributed by atoms with Gasteiger partial charge in [0.25, 0.3) is 5.56 Å². The smallest absolute Gasteiger partial charge is 0.262 e. The average Bonchev–Trinajstić information content (AvgIpc) is 3.33. The molecule has 1 aliphatic heterocycles. The molecule has 1 aromatic carbocycles. The molecule has 0 saturated heterocycles. The summed E-state index contributed by atoms with van der Waals surface area (Å²) in [5.41, 5.74) is 2.03. The molecule has 8 heteroatoms. The van der Waals surface area contributed by atoms with Crippen molar-refractivity contribution >= 4 is 21.6 Å². The second-order valence-electron chi connectivity index (χ2n) is 8.09. The van der Waals surface area contributed by atoms with E-state index in [0.29, 0.717) is 18.3 Å². The first-order valence-electron chi connectivity index (χ1n) is 10.2. The van der Waals surface area contributed by atoms with E-state index in [1.165, 1.54) is 15.8 Å². The van der Waals surface area contributed by atoms with E-state index < -0.39 is 6.10 Å². The van der Waals surface area contributed by atoms with Crippen LogP contribution in [0, 0.1) is 5.92 Å². The molecule has 0 amide bonds. The molecule has 30 heavy (non-hydrogen) atoms. The molecule has 3 aromatic rings. The topological polar surface area (TPSA) is 82.8 Å². The first-order valence-corrected chi connectivity index (χ1v) is 11.0. The number of aryl methyl sites for hydroxylation is 1. The second kappa shape index (κ2) is 8.02. The van der Waals surface area contributed by atoms with Crippen molar-refractivity contribution in [2.45, 2.75) is 45.4 Å². The highest BCUT2D eigenvalue weighted by Gasteiger charge is 2.23. The minimum absolute atomic E-state index is 0.0677. The molecular formula is C22H24N2O5S. The van der Waals surface area contributed by atoms with Gasteiger partial charge in [-0.25, -0.2) is 4.98 Å². The number of benzene rings is 1. The van der Waals surface area contributed by atoms with E-state index >= 15 is 0 Å². The largest absolute Gasteiger partial charge is 0.454 e. The molecule has 2 aromatic heterocycles. The SMILES string of the molecule is C[C@H]1CCc2c(sc3ncn(C[C@@H](O)COCc4ccc5c(c4)OCO5)c(=O)c23)C1. The minimum atomic E-state index is -0.801. The maximum Gasteiger partial charge on any atom is 0.262 e. The van der Waals surface area contributed by atoms with E-state index in [1.807, 2.05) is 18.2 Å². The van der Waals surface area contributed by atoms with Gasteiger partial charge in [0.2, 0.25) is 6.79 Å². The predicted molar refractivity (Wildman–Crippen MR) is 113 cm³/mol. The third-order valence-corrected chi connectivity index (χ3v) is 6.87. The number of aromatic nitrogens is 2. The van der Waals surface area contributed by atoms with Gasteiger partial charge in [-0.2, -0.15) is 0 Å². The summed E-state index contributed by atoms with van der Waals surface area (Å²) >= 11 is 1.63. The summed E-state index contributed by atoms with van der Waals surface area (Å²) in [6.07, 6.45) is 3.79. The molecule has 0 saturated carbocycles. The van der Waals surface area contributed by atoms with Gasteiger partial charge in [0.15, 0.2) is 11.5 Å². The van der Waals surface area contributed by atoms with Crippen molar-refractivity contribution < 1.29 is 19.3 Å². The van der Waals surface area contributed by atoms with Crippen LogP contribution in [0.5, 0.6) is 11.5 Å². The molecule has 0 unspecified atom stereocenters. The van der Waals surface area contributed by atoms with Gasteiger partial charge in [0.1, 0.15) is 4.83 Å². The molecule has 2 atom stereocenters. The summed E-state index contributed by atoms with van der Waals surface area (Å²) < 4.78 is 17.8. The van der Waals surface area contributed by atoms with E-state index in [-0.39, 0.29) is 25.5 Å². The highest BCUT2D eigenvalue weighted by Crippen LogP contribution is 2.35. The third kappa shape index (κ3) is 3.71. The van der Waals surface area contributed by atoms with Gasteiger partial charge in [-0.15, -0.1) is 11.3 Å². The number of thiophene rings is 1. The van der Waals surface area contributed by atoms with Crippen LogP contribution < -0.4 is 15.0 Å². The van der Waals surface area contributed by atoms with Gasteiger partial charge in [-0.3, -0.25) is 9.36 Å². The molecule has 0 fully saturated rings. The Labute approximate surface area is 177 Å². The van der Waals surface area contributed by atoms with Crippen molar-refractivity contribution in [3.63, 3.8) is 0 Å². The van der Waals surface area contributed by atoms with Gasteiger partial charge >= 0.3 is 0 Å². The number of fused-ring (bicyclic) bond motifs is 4. The molecule has 1 N–H and O–H groups in total. The zero-order valence-corrected chi connectivity index (χ0v) is 17.6. The fourth-order valence-corrected chi connectivity index (χ4v) is 5.46. The van der Waals surface area contributed by atoms with Gasteiger partial charge in [-0.05, 0) is 48.4 Å². The molecule has 0 bridgehead atoms. The average molecular weight is 429 g/mol. The van der Waals surface area contributed by atoms with Crippen LogP contribution in [0.2, 0.25) is 0 Å². The van der Waals surface area contributed by atoms with Gasteiger partial charge in [0.05, 0.1) is 37.6 Å². The zero-order valence-electron chi connectivity index (χ0n) is 16.8. The van der Waals surface area contributed by atoms with Crippen LogP contribution in [0.25, 0.3) is 10.2 Å². The lowest BCUT2D eigenvalue weighted by Gasteiger charge is -2.17. The number of hydrogen-bond acceptors (Lipinski definition) is 7. The van der Waals surface area contributed by atoms with Crippen LogP contribution in [0.15, 0.2) is 29.3 Å². The number of nitrogens with zero attached hydrogens (tertiary/aromatic N) is 2. The Morgan fingerprint density at radius 3 is 3.13 bits per heavy atom. The Morgan fingerprint density at radius 1 is 1.37 bits per heavy atom. The second-order valence-corrected chi connectivity index (χ2v) is 9.17. The van der Waals surface area contributed by atoms with E-state index in [1.54, 1.807) is 11.3 Å². The standard InChI is InChI=1S/C22H24N2O5S/c1-13-2-4-16-19(6-13)30-21-20(16)22(26)24(11-23-21)8-15(25)10-27-9-14-3-5-17-18(7-14)29-12-28-17/h3,5,7,11,13,15,25H,2,4,6,8-10,12H2,1H3/t13-,15+/m0/s1. The predicted octanol–water partition coefficient (Wildman–Crippen LogP) is 2.89. The van der Waals surface area contributed by atoms with E-state index in [2.05, 4.69) is 11.9 Å². The highest BCUT2D eigenvalue weighted by molar-refractivity contribution is 7.18. The molecular weight excluding hydrogens is 404 g/mol.